The second-order valence-electron chi connectivity index (χ2n) is 8.22. The minimum atomic E-state index is -0.955. The summed E-state index contributed by atoms with van der Waals surface area (Å²) in [5, 5.41) is 0. The van der Waals surface area contributed by atoms with Crippen molar-refractivity contribution in [1.82, 2.24) is 14.7 Å². The smallest absolute Gasteiger partial charge is 0.247 e. The van der Waals surface area contributed by atoms with Crippen LogP contribution in [0.1, 0.15) is 39.2 Å². The Kier molecular flexibility index (Phi) is 9.71. The minimum absolute atomic E-state index is 0. The Hall–Kier alpha value is -0.850. The number of nitrogens with two attached hydrogens (primary N) is 1. The molecule has 1 amide bonds. The number of piperazine rings is 1. The molecule has 0 radical (unpaired) electrons. The third-order valence-electron chi connectivity index (χ3n) is 6.29. The highest BCUT2D eigenvalue weighted by Crippen LogP contribution is 2.23. The molecule has 2 aliphatic heterocycles. The highest BCUT2D eigenvalue weighted by atomic mass is 35.5. The molecular formula is C21H36Cl2N4O. The van der Waals surface area contributed by atoms with Crippen molar-refractivity contribution in [1.29, 1.82) is 0 Å². The van der Waals surface area contributed by atoms with Gasteiger partial charge in [-0.25, -0.2) is 0 Å². The van der Waals surface area contributed by atoms with Crippen molar-refractivity contribution in [2.45, 2.75) is 51.2 Å². The summed E-state index contributed by atoms with van der Waals surface area (Å²) >= 11 is 0. The molecular weight excluding hydrogens is 395 g/mol. The van der Waals surface area contributed by atoms with Gasteiger partial charge >= 0.3 is 0 Å². The van der Waals surface area contributed by atoms with E-state index >= 15 is 0 Å². The molecule has 0 aliphatic carbocycles. The molecule has 2 aliphatic rings. The third-order valence-corrected chi connectivity index (χ3v) is 6.29. The van der Waals surface area contributed by atoms with Crippen LogP contribution >= 0.6 is 24.8 Å². The van der Waals surface area contributed by atoms with Crippen molar-refractivity contribution in [3.63, 3.8) is 0 Å². The highest BCUT2D eigenvalue weighted by Gasteiger charge is 2.36. The first kappa shape index (κ1) is 25.2. The maximum Gasteiger partial charge on any atom is 0.247 e. The van der Waals surface area contributed by atoms with Crippen LogP contribution in [0.3, 0.4) is 0 Å². The van der Waals surface area contributed by atoms with Crippen LogP contribution in [0, 0.1) is 0 Å². The van der Waals surface area contributed by atoms with Crippen LogP contribution in [0.5, 0.6) is 0 Å². The van der Waals surface area contributed by atoms with Crippen LogP contribution in [-0.2, 0) is 10.3 Å². The molecule has 5 nitrogen and oxygen atoms in total. The number of benzene rings is 1. The number of amides is 1. The van der Waals surface area contributed by atoms with Crippen molar-refractivity contribution < 1.29 is 4.79 Å². The predicted molar refractivity (Wildman–Crippen MR) is 120 cm³/mol. The third kappa shape index (κ3) is 5.61. The number of halogens is 2. The van der Waals surface area contributed by atoms with Crippen LogP contribution < -0.4 is 5.73 Å². The van der Waals surface area contributed by atoms with Crippen LogP contribution in [0.4, 0.5) is 0 Å². The van der Waals surface area contributed by atoms with Gasteiger partial charge in [-0.15, -0.1) is 24.8 Å². The zero-order valence-corrected chi connectivity index (χ0v) is 19.0. The molecule has 2 fully saturated rings. The van der Waals surface area contributed by atoms with E-state index in [2.05, 4.69) is 23.6 Å². The number of carbonyl (C=O) groups is 1. The summed E-state index contributed by atoms with van der Waals surface area (Å²) in [6.45, 7) is 12.1. The van der Waals surface area contributed by atoms with Gasteiger partial charge in [-0.05, 0) is 39.2 Å². The van der Waals surface area contributed by atoms with Gasteiger partial charge in [0.15, 0.2) is 0 Å². The Morgan fingerprint density at radius 3 is 2.07 bits per heavy atom. The van der Waals surface area contributed by atoms with Gasteiger partial charge in [-0.1, -0.05) is 30.3 Å². The van der Waals surface area contributed by atoms with E-state index in [1.165, 1.54) is 12.8 Å². The molecule has 2 heterocycles. The first-order chi connectivity index (χ1) is 12.4. The van der Waals surface area contributed by atoms with Crippen molar-refractivity contribution in [3.8, 4) is 0 Å². The van der Waals surface area contributed by atoms with Gasteiger partial charge in [0, 0.05) is 51.4 Å². The lowest BCUT2D eigenvalue weighted by atomic mass is 9.91. The normalized spacial score (nSPS) is 25.5. The number of hydrogen-bond donors (Lipinski definition) is 1. The molecule has 1 aromatic rings. The second kappa shape index (κ2) is 10.8. The zero-order valence-electron chi connectivity index (χ0n) is 17.3. The van der Waals surface area contributed by atoms with E-state index in [-0.39, 0.29) is 30.7 Å². The summed E-state index contributed by atoms with van der Waals surface area (Å²) in [6.07, 6.45) is 2.63. The van der Waals surface area contributed by atoms with E-state index in [0.717, 1.165) is 44.8 Å². The molecule has 3 rings (SSSR count). The Balaban J connectivity index is 0.00000196. The molecule has 160 valence electrons. The molecule has 2 N–H and O–H groups in total. The molecule has 3 atom stereocenters. The average Bonchev–Trinajstić information content (AvgIpc) is 2.98. The molecule has 0 bridgehead atoms. The molecule has 7 heteroatoms. The van der Waals surface area contributed by atoms with Crippen LogP contribution in [0.2, 0.25) is 0 Å². The Morgan fingerprint density at radius 2 is 1.54 bits per heavy atom. The monoisotopic (exact) mass is 430 g/mol. The molecule has 0 aromatic heterocycles. The summed E-state index contributed by atoms with van der Waals surface area (Å²) in [7, 11) is 0. The average molecular weight is 431 g/mol. The summed E-state index contributed by atoms with van der Waals surface area (Å²) < 4.78 is 0. The molecule has 2 saturated heterocycles. The fourth-order valence-electron chi connectivity index (χ4n) is 4.36. The lowest BCUT2D eigenvalue weighted by Gasteiger charge is -2.39. The van der Waals surface area contributed by atoms with Gasteiger partial charge in [-0.3, -0.25) is 14.6 Å². The first-order valence-electron chi connectivity index (χ1n) is 10.0. The maximum atomic E-state index is 13.0. The molecule has 1 aromatic carbocycles. The number of hydrogen-bond acceptors (Lipinski definition) is 4. The topological polar surface area (TPSA) is 52.8 Å². The number of nitrogens with zero attached hydrogens (tertiary/aromatic N) is 3. The van der Waals surface area contributed by atoms with E-state index < -0.39 is 5.54 Å². The predicted octanol–water partition coefficient (Wildman–Crippen LogP) is 2.72. The fourth-order valence-corrected chi connectivity index (χ4v) is 4.36. The van der Waals surface area contributed by atoms with Gasteiger partial charge in [0.25, 0.3) is 0 Å². The number of rotatable bonds is 5. The van der Waals surface area contributed by atoms with Gasteiger partial charge in [0.05, 0.1) is 0 Å². The SMILES string of the molecule is CC1CCC(C)N1CCN1CCN(C(=O)C(C)(N)c2ccccc2)CC1.Cl.Cl. The first-order valence-corrected chi connectivity index (χ1v) is 10.0. The molecule has 3 unspecified atom stereocenters. The van der Waals surface area contributed by atoms with E-state index in [1.54, 1.807) is 0 Å². The summed E-state index contributed by atoms with van der Waals surface area (Å²) in [5.41, 5.74) is 6.33. The highest BCUT2D eigenvalue weighted by molar-refractivity contribution is 5.87. The largest absolute Gasteiger partial charge is 0.338 e. The lowest BCUT2D eigenvalue weighted by molar-refractivity contribution is -0.138. The second-order valence-corrected chi connectivity index (χ2v) is 8.22. The van der Waals surface area contributed by atoms with Gasteiger partial charge in [0.1, 0.15) is 5.54 Å². The lowest BCUT2D eigenvalue weighted by Crippen LogP contribution is -2.57. The van der Waals surface area contributed by atoms with Crippen LogP contribution in [0.15, 0.2) is 30.3 Å². The van der Waals surface area contributed by atoms with Crippen LogP contribution in [-0.4, -0.2) is 72.0 Å². The maximum absolute atomic E-state index is 13.0. The Labute approximate surface area is 182 Å². The molecule has 0 spiro atoms. The van der Waals surface area contributed by atoms with Crippen molar-refractivity contribution >= 4 is 30.7 Å². The molecule has 28 heavy (non-hydrogen) atoms. The van der Waals surface area contributed by atoms with Gasteiger partial charge in [-0.2, -0.15) is 0 Å². The van der Waals surface area contributed by atoms with Crippen molar-refractivity contribution in [2.75, 3.05) is 39.3 Å². The van der Waals surface area contributed by atoms with Crippen molar-refractivity contribution in [3.05, 3.63) is 35.9 Å². The minimum Gasteiger partial charge on any atom is -0.338 e. The molecule has 0 saturated carbocycles. The fraction of sp³-hybridized carbons (Fsp3) is 0.667. The summed E-state index contributed by atoms with van der Waals surface area (Å²) in [6, 6.07) is 11.1. The van der Waals surface area contributed by atoms with Crippen LogP contribution in [0.25, 0.3) is 0 Å². The van der Waals surface area contributed by atoms with E-state index in [4.69, 9.17) is 5.73 Å². The Bertz CT molecular complexity index is 596. The van der Waals surface area contributed by atoms with E-state index in [0.29, 0.717) is 12.1 Å². The van der Waals surface area contributed by atoms with Gasteiger partial charge in [0.2, 0.25) is 5.91 Å². The van der Waals surface area contributed by atoms with Crippen molar-refractivity contribution in [2.24, 2.45) is 5.73 Å². The Morgan fingerprint density at radius 1 is 1.00 bits per heavy atom. The number of likely N-dealkylation sites (tertiary alicyclic amines) is 1. The van der Waals surface area contributed by atoms with E-state index in [9.17, 15) is 4.79 Å². The summed E-state index contributed by atoms with van der Waals surface area (Å²) in [5.74, 6) is 0.0325. The zero-order chi connectivity index (χ0) is 18.7. The number of carbonyl (C=O) groups excluding carboxylic acids is 1. The quantitative estimate of drug-likeness (QED) is 0.779. The van der Waals surface area contributed by atoms with Gasteiger partial charge < -0.3 is 10.6 Å². The van der Waals surface area contributed by atoms with E-state index in [1.807, 2.05) is 42.2 Å². The standard InChI is InChI=1S/C21H34N4O.2ClH/c1-17-9-10-18(2)25(17)16-13-23-11-14-24(15-12-23)20(26)21(3,22)19-7-5-4-6-8-19;;/h4-8,17-18H,9-16,22H2,1-3H3;2*1H. The summed E-state index contributed by atoms with van der Waals surface area (Å²) in [4.78, 5) is 20.0.